The highest BCUT2D eigenvalue weighted by Gasteiger charge is 2.26. The van der Waals surface area contributed by atoms with E-state index in [1.54, 1.807) is 13.1 Å². The summed E-state index contributed by atoms with van der Waals surface area (Å²) in [5.74, 6) is 0.0923. The second kappa shape index (κ2) is 9.75. The minimum Gasteiger partial charge on any atom is -0.364 e. The Balaban J connectivity index is 1.35. The fraction of sp³-hybridized carbons (Fsp3) is 0.350. The van der Waals surface area contributed by atoms with Gasteiger partial charge in [0.25, 0.3) is 5.91 Å². The van der Waals surface area contributed by atoms with Crippen LogP contribution in [0.25, 0.3) is 0 Å². The first kappa shape index (κ1) is 21.1. The van der Waals surface area contributed by atoms with Gasteiger partial charge in [-0.25, -0.2) is 4.39 Å². The van der Waals surface area contributed by atoms with E-state index in [1.807, 2.05) is 12.1 Å². The van der Waals surface area contributed by atoms with Gasteiger partial charge in [0.05, 0.1) is 0 Å². The lowest BCUT2D eigenvalue weighted by molar-refractivity contribution is -0.127. The molecule has 4 rings (SSSR count). The Bertz CT molecular complexity index is 1000. The molecule has 0 spiro atoms. The van der Waals surface area contributed by atoms with Gasteiger partial charge in [-0.15, -0.1) is 15.3 Å². The molecule has 1 aliphatic heterocycles. The zero-order valence-corrected chi connectivity index (χ0v) is 17.7. The van der Waals surface area contributed by atoms with Gasteiger partial charge in [-0.1, -0.05) is 23.5 Å². The summed E-state index contributed by atoms with van der Waals surface area (Å²) < 4.78 is 18.8. The quantitative estimate of drug-likeness (QED) is 0.548. The topological polar surface area (TPSA) is 105 Å². The molecule has 1 aromatic carbocycles. The van der Waals surface area contributed by atoms with Crippen molar-refractivity contribution in [2.24, 2.45) is 0 Å². The molecule has 0 unspecified atom stereocenters. The predicted octanol–water partition coefficient (Wildman–Crippen LogP) is 2.87. The summed E-state index contributed by atoms with van der Waals surface area (Å²) in [4.78, 5) is 14.9. The van der Waals surface area contributed by atoms with Crippen molar-refractivity contribution in [3.63, 3.8) is 0 Å². The lowest BCUT2D eigenvalue weighted by Gasteiger charge is -2.16. The lowest BCUT2D eigenvalue weighted by atomic mass is 10.1. The highest BCUT2D eigenvalue weighted by molar-refractivity contribution is 7.19. The third-order valence-corrected chi connectivity index (χ3v) is 5.57. The first-order valence-electron chi connectivity index (χ1n) is 9.93. The Hall–Kier alpha value is -3.18. The molecule has 0 aliphatic carbocycles. The van der Waals surface area contributed by atoms with Crippen molar-refractivity contribution in [1.29, 1.82) is 0 Å². The number of halogens is 1. The minimum absolute atomic E-state index is 0.189. The molecule has 3 aromatic rings. The minimum atomic E-state index is -0.860. The Kier molecular flexibility index (Phi) is 6.63. The van der Waals surface area contributed by atoms with Crippen molar-refractivity contribution in [2.45, 2.75) is 25.5 Å². The van der Waals surface area contributed by atoms with E-state index in [0.29, 0.717) is 22.4 Å². The van der Waals surface area contributed by atoms with Gasteiger partial charge in [0.1, 0.15) is 5.82 Å². The van der Waals surface area contributed by atoms with E-state index < -0.39 is 6.10 Å². The van der Waals surface area contributed by atoms with Crippen LogP contribution in [0.1, 0.15) is 25.0 Å². The van der Waals surface area contributed by atoms with Crippen LogP contribution in [-0.2, 0) is 9.53 Å². The Morgan fingerprint density at radius 1 is 1.26 bits per heavy atom. The van der Waals surface area contributed by atoms with Gasteiger partial charge >= 0.3 is 0 Å². The number of benzene rings is 1. The van der Waals surface area contributed by atoms with E-state index in [0.717, 1.165) is 25.3 Å². The van der Waals surface area contributed by atoms with Gasteiger partial charge in [-0.05, 0) is 43.2 Å². The van der Waals surface area contributed by atoms with E-state index in [2.05, 4.69) is 35.9 Å². The molecule has 3 heterocycles. The molecular formula is C20H22FN7O2S. The SMILES string of the molecule is CCO[C@H](C(=O)Nc1nnc(N[C@@H]2CCN(c3cccnn3)C2)s1)c1ccc(F)cc1. The van der Waals surface area contributed by atoms with Crippen LogP contribution in [0.2, 0.25) is 0 Å². The zero-order valence-electron chi connectivity index (χ0n) is 16.9. The van der Waals surface area contributed by atoms with Crippen LogP contribution in [0, 0.1) is 5.82 Å². The number of anilines is 3. The van der Waals surface area contributed by atoms with E-state index in [1.165, 1.54) is 35.6 Å². The number of hydrogen-bond acceptors (Lipinski definition) is 9. The average molecular weight is 444 g/mol. The predicted molar refractivity (Wildman–Crippen MR) is 116 cm³/mol. The van der Waals surface area contributed by atoms with Crippen LogP contribution in [0.15, 0.2) is 42.6 Å². The molecule has 1 saturated heterocycles. The van der Waals surface area contributed by atoms with Crippen molar-refractivity contribution in [3.8, 4) is 0 Å². The molecule has 2 atom stereocenters. The highest BCUT2D eigenvalue weighted by atomic mass is 32.1. The lowest BCUT2D eigenvalue weighted by Crippen LogP contribution is -2.26. The molecule has 1 fully saturated rings. The van der Waals surface area contributed by atoms with Crippen molar-refractivity contribution in [3.05, 3.63) is 54.0 Å². The summed E-state index contributed by atoms with van der Waals surface area (Å²) in [5, 5.41) is 23.3. The number of hydrogen-bond donors (Lipinski definition) is 2. The maximum absolute atomic E-state index is 13.2. The first-order valence-corrected chi connectivity index (χ1v) is 10.7. The van der Waals surface area contributed by atoms with Crippen LogP contribution < -0.4 is 15.5 Å². The van der Waals surface area contributed by atoms with E-state index >= 15 is 0 Å². The standard InChI is InChI=1S/C20H22FN7O2S/c1-2-30-17(13-5-7-14(21)8-6-13)18(29)24-20-27-26-19(31-20)23-15-9-11-28(12-15)16-4-3-10-22-25-16/h3-8,10,15,17H,2,9,11-12H2,1H3,(H,23,26)(H,24,27,29)/t15-,17+/m1/s1. The largest absolute Gasteiger partial charge is 0.364 e. The molecule has 2 aromatic heterocycles. The Morgan fingerprint density at radius 2 is 2.06 bits per heavy atom. The fourth-order valence-electron chi connectivity index (χ4n) is 3.35. The van der Waals surface area contributed by atoms with E-state index in [-0.39, 0.29) is 17.8 Å². The van der Waals surface area contributed by atoms with Gasteiger partial charge < -0.3 is 15.0 Å². The second-order valence-electron chi connectivity index (χ2n) is 6.95. The maximum Gasteiger partial charge on any atom is 0.259 e. The second-order valence-corrected chi connectivity index (χ2v) is 7.92. The normalized spacial score (nSPS) is 16.8. The monoisotopic (exact) mass is 443 g/mol. The van der Waals surface area contributed by atoms with Gasteiger partial charge in [0, 0.05) is 31.9 Å². The van der Waals surface area contributed by atoms with Gasteiger partial charge in [-0.3, -0.25) is 10.1 Å². The smallest absolute Gasteiger partial charge is 0.259 e. The summed E-state index contributed by atoms with van der Waals surface area (Å²) in [5.41, 5.74) is 0.568. The molecule has 1 amide bonds. The number of ether oxygens (including phenoxy) is 1. The third kappa shape index (κ3) is 5.30. The van der Waals surface area contributed by atoms with Gasteiger partial charge in [-0.2, -0.15) is 5.10 Å². The molecular weight excluding hydrogens is 421 g/mol. The summed E-state index contributed by atoms with van der Waals surface area (Å²) in [6.45, 7) is 3.77. The zero-order chi connectivity index (χ0) is 21.6. The molecule has 2 N–H and O–H groups in total. The Morgan fingerprint density at radius 3 is 2.81 bits per heavy atom. The summed E-state index contributed by atoms with van der Waals surface area (Å²) in [6.07, 6.45) is 1.72. The number of carbonyl (C=O) groups excluding carboxylic acids is 1. The highest BCUT2D eigenvalue weighted by Crippen LogP contribution is 2.26. The molecule has 0 bridgehead atoms. The molecule has 0 radical (unpaired) electrons. The maximum atomic E-state index is 13.2. The van der Waals surface area contributed by atoms with E-state index in [4.69, 9.17) is 4.74 Å². The number of amides is 1. The first-order chi connectivity index (χ1) is 15.1. The number of carbonyl (C=O) groups is 1. The van der Waals surface area contributed by atoms with Crippen molar-refractivity contribution < 1.29 is 13.9 Å². The van der Waals surface area contributed by atoms with Crippen LogP contribution in [0.3, 0.4) is 0 Å². The van der Waals surface area contributed by atoms with Gasteiger partial charge in [0.2, 0.25) is 10.3 Å². The van der Waals surface area contributed by atoms with Crippen molar-refractivity contribution in [2.75, 3.05) is 35.2 Å². The van der Waals surface area contributed by atoms with Crippen LogP contribution >= 0.6 is 11.3 Å². The molecule has 1 aliphatic rings. The Labute approximate surface area is 182 Å². The summed E-state index contributed by atoms with van der Waals surface area (Å²) in [6, 6.07) is 9.65. The number of nitrogens with zero attached hydrogens (tertiary/aromatic N) is 5. The summed E-state index contributed by atoms with van der Waals surface area (Å²) in [7, 11) is 0. The van der Waals surface area contributed by atoms with Crippen molar-refractivity contribution in [1.82, 2.24) is 20.4 Å². The van der Waals surface area contributed by atoms with Crippen LogP contribution in [0.5, 0.6) is 0 Å². The average Bonchev–Trinajstić information content (AvgIpc) is 3.43. The number of nitrogens with one attached hydrogen (secondary N) is 2. The summed E-state index contributed by atoms with van der Waals surface area (Å²) >= 11 is 1.25. The molecule has 9 nitrogen and oxygen atoms in total. The third-order valence-electron chi connectivity index (χ3n) is 4.80. The molecule has 162 valence electrons. The number of rotatable bonds is 8. The van der Waals surface area contributed by atoms with Crippen LogP contribution in [0.4, 0.5) is 20.5 Å². The van der Waals surface area contributed by atoms with Crippen LogP contribution in [-0.4, -0.2) is 52.0 Å². The molecule has 11 heteroatoms. The number of aromatic nitrogens is 4. The fourth-order valence-corrected chi connectivity index (χ4v) is 4.08. The molecule has 0 saturated carbocycles. The van der Waals surface area contributed by atoms with E-state index in [9.17, 15) is 9.18 Å². The molecule has 31 heavy (non-hydrogen) atoms. The van der Waals surface area contributed by atoms with Crippen molar-refractivity contribution >= 4 is 33.3 Å². The van der Waals surface area contributed by atoms with Gasteiger partial charge in [0.15, 0.2) is 11.9 Å².